The largest absolute Gasteiger partial charge is 0.305 e. The fourth-order valence-corrected chi connectivity index (χ4v) is 1.27. The number of aromatic nitrogens is 3. The monoisotopic (exact) mass is 175 g/mol. The predicted octanol–water partition coefficient (Wildman–Crippen LogP) is 2.03. The van der Waals surface area contributed by atoms with Crippen molar-refractivity contribution in [2.75, 3.05) is 0 Å². The molecule has 0 spiro atoms. The summed E-state index contributed by atoms with van der Waals surface area (Å²) in [5, 5.41) is 7.87. The SMILES string of the molecule is CC(C)(C)c1cc2nnccn2c1. The molecule has 0 bridgehead atoms. The van der Waals surface area contributed by atoms with Gasteiger partial charge in [0.1, 0.15) is 0 Å². The van der Waals surface area contributed by atoms with E-state index in [4.69, 9.17) is 0 Å². The van der Waals surface area contributed by atoms with Crippen LogP contribution in [0.1, 0.15) is 26.3 Å². The Kier molecular flexibility index (Phi) is 1.62. The average molecular weight is 175 g/mol. The van der Waals surface area contributed by atoms with Crippen LogP contribution in [-0.4, -0.2) is 14.6 Å². The van der Waals surface area contributed by atoms with Crippen molar-refractivity contribution in [2.45, 2.75) is 26.2 Å². The normalized spacial score (nSPS) is 12.2. The fraction of sp³-hybridized carbons (Fsp3) is 0.400. The topological polar surface area (TPSA) is 30.2 Å². The molecule has 0 unspecified atom stereocenters. The lowest BCUT2D eigenvalue weighted by molar-refractivity contribution is 0.590. The maximum absolute atomic E-state index is 4.03. The summed E-state index contributed by atoms with van der Waals surface area (Å²) in [6.45, 7) is 6.57. The Morgan fingerprint density at radius 3 is 2.69 bits per heavy atom. The summed E-state index contributed by atoms with van der Waals surface area (Å²) in [6, 6.07) is 2.08. The number of hydrogen-bond donors (Lipinski definition) is 0. The van der Waals surface area contributed by atoms with Gasteiger partial charge in [-0.05, 0) is 17.0 Å². The van der Waals surface area contributed by atoms with Crippen molar-refractivity contribution in [3.8, 4) is 0 Å². The van der Waals surface area contributed by atoms with Crippen LogP contribution >= 0.6 is 0 Å². The van der Waals surface area contributed by atoms with Crippen molar-refractivity contribution in [2.24, 2.45) is 0 Å². The van der Waals surface area contributed by atoms with Gasteiger partial charge in [-0.3, -0.25) is 0 Å². The average Bonchev–Trinajstić information content (AvgIpc) is 2.45. The smallest absolute Gasteiger partial charge is 0.159 e. The Hall–Kier alpha value is -1.38. The molecule has 2 aromatic heterocycles. The van der Waals surface area contributed by atoms with Gasteiger partial charge >= 0.3 is 0 Å². The molecule has 0 aliphatic carbocycles. The first-order valence-corrected chi connectivity index (χ1v) is 4.37. The Labute approximate surface area is 77.4 Å². The van der Waals surface area contributed by atoms with Crippen molar-refractivity contribution in [3.63, 3.8) is 0 Å². The maximum atomic E-state index is 4.03. The summed E-state index contributed by atoms with van der Waals surface area (Å²) < 4.78 is 1.99. The second-order valence-electron chi connectivity index (χ2n) is 4.26. The lowest BCUT2D eigenvalue weighted by Crippen LogP contribution is -2.09. The molecule has 0 radical (unpaired) electrons. The summed E-state index contributed by atoms with van der Waals surface area (Å²) in [5.41, 5.74) is 2.37. The van der Waals surface area contributed by atoms with Crippen LogP contribution in [0, 0.1) is 0 Å². The van der Waals surface area contributed by atoms with Crippen LogP contribution in [0.15, 0.2) is 24.7 Å². The lowest BCUT2D eigenvalue weighted by Gasteiger charge is -2.15. The summed E-state index contributed by atoms with van der Waals surface area (Å²) in [4.78, 5) is 0. The summed E-state index contributed by atoms with van der Waals surface area (Å²) >= 11 is 0. The molecule has 0 saturated carbocycles. The molecule has 3 nitrogen and oxygen atoms in total. The van der Waals surface area contributed by atoms with Gasteiger partial charge in [0.15, 0.2) is 5.65 Å². The highest BCUT2D eigenvalue weighted by molar-refractivity contribution is 5.43. The molecule has 0 atom stereocenters. The van der Waals surface area contributed by atoms with Crippen LogP contribution in [0.2, 0.25) is 0 Å². The van der Waals surface area contributed by atoms with E-state index in [-0.39, 0.29) is 5.41 Å². The summed E-state index contributed by atoms with van der Waals surface area (Å²) in [6.07, 6.45) is 5.71. The van der Waals surface area contributed by atoms with Crippen LogP contribution in [0.4, 0.5) is 0 Å². The zero-order chi connectivity index (χ0) is 9.47. The third-order valence-corrected chi connectivity index (χ3v) is 2.15. The lowest BCUT2D eigenvalue weighted by atomic mass is 9.89. The molecule has 0 N–H and O–H groups in total. The molecule has 0 amide bonds. The van der Waals surface area contributed by atoms with Gasteiger partial charge in [0.2, 0.25) is 0 Å². The Balaban J connectivity index is 2.63. The van der Waals surface area contributed by atoms with Crippen LogP contribution in [0.5, 0.6) is 0 Å². The van der Waals surface area contributed by atoms with Crippen LogP contribution in [0.3, 0.4) is 0 Å². The van der Waals surface area contributed by atoms with Gasteiger partial charge in [-0.15, -0.1) is 5.10 Å². The van der Waals surface area contributed by atoms with E-state index in [2.05, 4.69) is 43.2 Å². The zero-order valence-electron chi connectivity index (χ0n) is 8.15. The number of hydrogen-bond acceptors (Lipinski definition) is 2. The Morgan fingerprint density at radius 2 is 2.08 bits per heavy atom. The van der Waals surface area contributed by atoms with Crippen molar-refractivity contribution < 1.29 is 0 Å². The predicted molar refractivity (Wildman–Crippen MR) is 51.7 cm³/mol. The van der Waals surface area contributed by atoms with Gasteiger partial charge in [-0.25, -0.2) is 0 Å². The Morgan fingerprint density at radius 1 is 1.31 bits per heavy atom. The van der Waals surface area contributed by atoms with E-state index in [1.807, 2.05) is 10.6 Å². The molecule has 68 valence electrons. The van der Waals surface area contributed by atoms with Crippen molar-refractivity contribution in [1.82, 2.24) is 14.6 Å². The zero-order valence-corrected chi connectivity index (χ0v) is 8.15. The first kappa shape index (κ1) is 8.23. The van der Waals surface area contributed by atoms with E-state index in [0.29, 0.717) is 0 Å². The number of rotatable bonds is 0. The second-order valence-corrected chi connectivity index (χ2v) is 4.26. The van der Waals surface area contributed by atoms with Crippen molar-refractivity contribution in [3.05, 3.63) is 30.2 Å². The quantitative estimate of drug-likeness (QED) is 0.613. The standard InChI is InChI=1S/C10H13N3/c1-10(2,3)8-6-9-12-11-4-5-13(9)7-8/h4-7H,1-3H3. The van der Waals surface area contributed by atoms with E-state index >= 15 is 0 Å². The van der Waals surface area contributed by atoms with E-state index in [9.17, 15) is 0 Å². The van der Waals surface area contributed by atoms with E-state index in [1.165, 1.54) is 5.56 Å². The van der Waals surface area contributed by atoms with Crippen molar-refractivity contribution in [1.29, 1.82) is 0 Å². The van der Waals surface area contributed by atoms with Crippen LogP contribution < -0.4 is 0 Å². The second kappa shape index (κ2) is 2.55. The molecular formula is C10H13N3. The molecule has 2 aromatic rings. The summed E-state index contributed by atoms with van der Waals surface area (Å²) in [7, 11) is 0. The molecule has 2 rings (SSSR count). The molecule has 2 heterocycles. The van der Waals surface area contributed by atoms with E-state index in [1.54, 1.807) is 6.20 Å². The third kappa shape index (κ3) is 1.41. The minimum atomic E-state index is 0.174. The summed E-state index contributed by atoms with van der Waals surface area (Å²) in [5.74, 6) is 0. The van der Waals surface area contributed by atoms with Gasteiger partial charge in [-0.1, -0.05) is 20.8 Å². The first-order valence-electron chi connectivity index (χ1n) is 4.37. The highest BCUT2D eigenvalue weighted by atomic mass is 15.2. The Bertz CT molecular complexity index is 390. The highest BCUT2D eigenvalue weighted by Crippen LogP contribution is 2.23. The van der Waals surface area contributed by atoms with Crippen LogP contribution in [-0.2, 0) is 5.41 Å². The highest BCUT2D eigenvalue weighted by Gasteiger charge is 2.15. The van der Waals surface area contributed by atoms with Gasteiger partial charge in [-0.2, -0.15) is 5.10 Å². The fourth-order valence-electron chi connectivity index (χ4n) is 1.27. The van der Waals surface area contributed by atoms with Gasteiger partial charge < -0.3 is 4.40 Å². The van der Waals surface area contributed by atoms with E-state index in [0.717, 1.165) is 5.65 Å². The molecular weight excluding hydrogens is 162 g/mol. The maximum Gasteiger partial charge on any atom is 0.159 e. The molecule has 0 aliphatic heterocycles. The first-order chi connectivity index (χ1) is 6.07. The molecule has 0 fully saturated rings. The molecule has 0 saturated heterocycles. The minimum Gasteiger partial charge on any atom is -0.305 e. The van der Waals surface area contributed by atoms with Gasteiger partial charge in [0.05, 0.1) is 6.20 Å². The molecule has 3 heteroatoms. The van der Waals surface area contributed by atoms with Gasteiger partial charge in [0.25, 0.3) is 0 Å². The van der Waals surface area contributed by atoms with Crippen LogP contribution in [0.25, 0.3) is 5.65 Å². The van der Waals surface area contributed by atoms with Gasteiger partial charge in [0, 0.05) is 12.4 Å². The minimum absolute atomic E-state index is 0.174. The molecule has 0 aliphatic rings. The number of fused-ring (bicyclic) bond motifs is 1. The molecule has 0 aromatic carbocycles. The number of nitrogens with zero attached hydrogens (tertiary/aromatic N) is 3. The molecule has 13 heavy (non-hydrogen) atoms. The van der Waals surface area contributed by atoms with Crippen molar-refractivity contribution >= 4 is 5.65 Å². The third-order valence-electron chi connectivity index (χ3n) is 2.15. The van der Waals surface area contributed by atoms with E-state index < -0.39 is 0 Å².